The Morgan fingerprint density at radius 1 is 1.16 bits per heavy atom. The number of halogens is 1. The molecule has 0 aliphatic heterocycles. The van der Waals surface area contributed by atoms with Gasteiger partial charge < -0.3 is 4.74 Å². The molecule has 3 aromatic rings. The van der Waals surface area contributed by atoms with Crippen LogP contribution in [0.4, 0.5) is 10.2 Å². The summed E-state index contributed by atoms with van der Waals surface area (Å²) in [4.78, 5) is 11.6. The van der Waals surface area contributed by atoms with Crippen molar-refractivity contribution in [1.29, 1.82) is 0 Å². The number of ether oxygens (including phenoxy) is 1. The van der Waals surface area contributed by atoms with Crippen LogP contribution in [0.5, 0.6) is 5.75 Å². The summed E-state index contributed by atoms with van der Waals surface area (Å²) in [7, 11) is -3.68. The molecule has 0 spiro atoms. The predicted molar refractivity (Wildman–Crippen MR) is 86.3 cm³/mol. The second-order valence-electron chi connectivity index (χ2n) is 4.82. The Bertz CT molecular complexity index is 931. The highest BCUT2D eigenvalue weighted by Gasteiger charge is 2.13. The molecule has 0 saturated heterocycles. The molecule has 130 valence electrons. The molecule has 2 heterocycles. The van der Waals surface area contributed by atoms with Gasteiger partial charge in [0.2, 0.25) is 10.0 Å². The molecule has 0 fully saturated rings. The van der Waals surface area contributed by atoms with Crippen LogP contribution in [0.25, 0.3) is 5.82 Å². The van der Waals surface area contributed by atoms with Gasteiger partial charge in [-0.2, -0.15) is 5.10 Å². The average Bonchev–Trinajstić information content (AvgIpc) is 3.11. The number of sulfonamides is 1. The van der Waals surface area contributed by atoms with Gasteiger partial charge in [-0.3, -0.25) is 4.72 Å². The van der Waals surface area contributed by atoms with Crippen LogP contribution in [-0.4, -0.2) is 45.5 Å². The molecule has 11 heteroatoms. The molecule has 9 nitrogen and oxygen atoms in total. The third kappa shape index (κ3) is 4.70. The van der Waals surface area contributed by atoms with E-state index in [0.29, 0.717) is 11.6 Å². The zero-order valence-electron chi connectivity index (χ0n) is 12.8. The molecule has 0 amide bonds. The predicted octanol–water partition coefficient (Wildman–Crippen LogP) is 1.02. The van der Waals surface area contributed by atoms with Gasteiger partial charge in [-0.1, -0.05) is 0 Å². The van der Waals surface area contributed by atoms with Gasteiger partial charge in [0.1, 0.15) is 48.7 Å². The molecule has 0 atom stereocenters. The Labute approximate surface area is 142 Å². The highest BCUT2D eigenvalue weighted by Crippen LogP contribution is 2.12. The van der Waals surface area contributed by atoms with E-state index in [-0.39, 0.29) is 18.2 Å². The van der Waals surface area contributed by atoms with E-state index in [2.05, 4.69) is 24.8 Å². The topological polar surface area (TPSA) is 112 Å². The van der Waals surface area contributed by atoms with Crippen LogP contribution in [0.2, 0.25) is 0 Å². The molecule has 25 heavy (non-hydrogen) atoms. The third-order valence-corrected chi connectivity index (χ3v) is 4.22. The molecule has 1 N–H and O–H groups in total. The highest BCUT2D eigenvalue weighted by atomic mass is 32.2. The van der Waals surface area contributed by atoms with Crippen molar-refractivity contribution in [3.63, 3.8) is 0 Å². The monoisotopic (exact) mass is 364 g/mol. The van der Waals surface area contributed by atoms with Crippen molar-refractivity contribution in [3.8, 4) is 11.6 Å². The lowest BCUT2D eigenvalue weighted by molar-refractivity contribution is 0.340. The Kier molecular flexibility index (Phi) is 4.84. The molecular weight excluding hydrogens is 351 g/mol. The maximum atomic E-state index is 12.8. The van der Waals surface area contributed by atoms with Gasteiger partial charge in [0.25, 0.3) is 0 Å². The Hall–Kier alpha value is -3.08. The second-order valence-corrected chi connectivity index (χ2v) is 6.67. The molecule has 0 bridgehead atoms. The van der Waals surface area contributed by atoms with E-state index in [1.165, 1.54) is 54.0 Å². The lowest BCUT2D eigenvalue weighted by atomic mass is 10.3. The van der Waals surface area contributed by atoms with Crippen LogP contribution >= 0.6 is 0 Å². The van der Waals surface area contributed by atoms with Gasteiger partial charge in [-0.15, -0.1) is 0 Å². The number of aromatic nitrogens is 5. The smallest absolute Gasteiger partial charge is 0.237 e. The van der Waals surface area contributed by atoms with E-state index in [0.717, 1.165) is 0 Å². The van der Waals surface area contributed by atoms with E-state index in [9.17, 15) is 12.8 Å². The van der Waals surface area contributed by atoms with Gasteiger partial charge in [-0.25, -0.2) is 32.4 Å². The number of rotatable bonds is 7. The summed E-state index contributed by atoms with van der Waals surface area (Å²) in [5.41, 5.74) is 0. The first-order valence-corrected chi connectivity index (χ1v) is 8.73. The lowest BCUT2D eigenvalue weighted by Gasteiger charge is -2.09. The van der Waals surface area contributed by atoms with Crippen molar-refractivity contribution in [2.45, 2.75) is 0 Å². The fourth-order valence-electron chi connectivity index (χ4n) is 1.87. The van der Waals surface area contributed by atoms with Crippen molar-refractivity contribution < 1.29 is 17.5 Å². The number of hydrogen-bond donors (Lipinski definition) is 1. The number of nitrogens with zero attached hydrogens (tertiary/aromatic N) is 5. The van der Waals surface area contributed by atoms with E-state index in [1.807, 2.05) is 0 Å². The summed E-state index contributed by atoms with van der Waals surface area (Å²) < 4.78 is 46.0. The van der Waals surface area contributed by atoms with Crippen LogP contribution in [0, 0.1) is 5.82 Å². The first-order valence-electron chi connectivity index (χ1n) is 7.08. The standard InChI is InChI=1S/C14H13FN6O3S/c15-11-1-3-12(4-2-11)24-5-6-25(22,23)20-13-7-14(18-9-17-13)21-10-16-8-19-21/h1-4,7-10H,5-6H2,(H,17,18,20). The molecule has 0 radical (unpaired) electrons. The lowest BCUT2D eigenvalue weighted by Crippen LogP contribution is -2.22. The highest BCUT2D eigenvalue weighted by molar-refractivity contribution is 7.92. The molecule has 3 rings (SSSR count). The van der Waals surface area contributed by atoms with Crippen molar-refractivity contribution >= 4 is 15.8 Å². The summed E-state index contributed by atoms with van der Waals surface area (Å²) in [5, 5.41) is 3.90. The zero-order chi connectivity index (χ0) is 17.7. The first-order chi connectivity index (χ1) is 12.0. The minimum atomic E-state index is -3.68. The number of nitrogens with one attached hydrogen (secondary N) is 1. The van der Waals surface area contributed by atoms with E-state index >= 15 is 0 Å². The summed E-state index contributed by atoms with van der Waals surface area (Å²) >= 11 is 0. The Balaban J connectivity index is 1.59. The summed E-state index contributed by atoms with van der Waals surface area (Å²) in [6.45, 7) is -0.0953. The van der Waals surface area contributed by atoms with Crippen LogP contribution in [0.3, 0.4) is 0 Å². The minimum Gasteiger partial charge on any atom is -0.492 e. The van der Waals surface area contributed by atoms with Crippen LogP contribution < -0.4 is 9.46 Å². The quantitative estimate of drug-likeness (QED) is 0.666. The van der Waals surface area contributed by atoms with Gasteiger partial charge in [0, 0.05) is 6.07 Å². The van der Waals surface area contributed by atoms with E-state index in [4.69, 9.17) is 4.74 Å². The van der Waals surface area contributed by atoms with Crippen molar-refractivity contribution in [2.24, 2.45) is 0 Å². The van der Waals surface area contributed by atoms with Crippen LogP contribution in [-0.2, 0) is 10.0 Å². The maximum absolute atomic E-state index is 12.8. The van der Waals surface area contributed by atoms with Gasteiger partial charge in [0.05, 0.1) is 0 Å². The van der Waals surface area contributed by atoms with Crippen molar-refractivity contribution in [1.82, 2.24) is 24.7 Å². The SMILES string of the molecule is O=S(=O)(CCOc1ccc(F)cc1)Nc1cc(-n2cncn2)ncn1. The third-order valence-electron chi connectivity index (χ3n) is 3.00. The number of benzene rings is 1. The molecule has 0 unspecified atom stereocenters. The Morgan fingerprint density at radius 3 is 2.68 bits per heavy atom. The fraction of sp³-hybridized carbons (Fsp3) is 0.143. The second kappa shape index (κ2) is 7.21. The molecule has 0 saturated carbocycles. The van der Waals surface area contributed by atoms with Crippen molar-refractivity contribution in [2.75, 3.05) is 17.1 Å². The van der Waals surface area contributed by atoms with E-state index in [1.54, 1.807) is 0 Å². The normalized spacial score (nSPS) is 11.2. The molecule has 0 aliphatic rings. The molecular formula is C14H13FN6O3S. The molecule has 2 aromatic heterocycles. The maximum Gasteiger partial charge on any atom is 0.237 e. The van der Waals surface area contributed by atoms with Gasteiger partial charge >= 0.3 is 0 Å². The fourth-order valence-corrected chi connectivity index (χ4v) is 2.70. The van der Waals surface area contributed by atoms with Crippen LogP contribution in [0.15, 0.2) is 49.3 Å². The largest absolute Gasteiger partial charge is 0.492 e. The van der Waals surface area contributed by atoms with Gasteiger partial charge in [0.15, 0.2) is 5.82 Å². The van der Waals surface area contributed by atoms with Crippen LogP contribution in [0.1, 0.15) is 0 Å². The zero-order valence-corrected chi connectivity index (χ0v) is 13.6. The summed E-state index contributed by atoms with van der Waals surface area (Å²) in [6, 6.07) is 6.73. The van der Waals surface area contributed by atoms with Gasteiger partial charge in [-0.05, 0) is 24.3 Å². The first kappa shape index (κ1) is 16.8. The van der Waals surface area contributed by atoms with Crippen molar-refractivity contribution in [3.05, 3.63) is 55.1 Å². The average molecular weight is 364 g/mol. The number of anilines is 1. The minimum absolute atomic E-state index is 0.0953. The Morgan fingerprint density at radius 2 is 1.96 bits per heavy atom. The summed E-state index contributed by atoms with van der Waals surface area (Å²) in [5.74, 6) is 0.156. The number of hydrogen-bond acceptors (Lipinski definition) is 7. The molecule has 1 aromatic carbocycles. The van der Waals surface area contributed by atoms with E-state index < -0.39 is 15.8 Å². The summed E-state index contributed by atoms with van der Waals surface area (Å²) in [6.07, 6.45) is 3.97. The molecule has 0 aliphatic carbocycles.